The van der Waals surface area contributed by atoms with Crippen molar-refractivity contribution in [2.24, 2.45) is 5.41 Å². The number of nitrogens with zero attached hydrogens (tertiary/aromatic N) is 5. The van der Waals surface area contributed by atoms with Crippen LogP contribution in [0.2, 0.25) is 0 Å². The number of fused-ring (bicyclic) bond motifs is 1. The third-order valence-electron chi connectivity index (χ3n) is 9.15. The summed E-state index contributed by atoms with van der Waals surface area (Å²) in [6.07, 6.45) is 5.70. The predicted octanol–water partition coefficient (Wildman–Crippen LogP) is 7.98. The number of anilines is 3. The molecule has 3 aromatic heterocycles. The molecule has 1 aliphatic carbocycles. The third kappa shape index (κ3) is 6.74. The van der Waals surface area contributed by atoms with Crippen molar-refractivity contribution in [2.45, 2.75) is 59.1 Å². The van der Waals surface area contributed by atoms with Crippen LogP contribution in [0.5, 0.6) is 5.75 Å². The summed E-state index contributed by atoms with van der Waals surface area (Å²) in [4.78, 5) is 32.5. The van der Waals surface area contributed by atoms with E-state index in [9.17, 15) is 4.79 Å². The number of amides is 1. The lowest BCUT2D eigenvalue weighted by Crippen LogP contribution is -2.44. The van der Waals surface area contributed by atoms with Crippen LogP contribution in [-0.4, -0.2) is 57.4 Å². The summed E-state index contributed by atoms with van der Waals surface area (Å²) in [7, 11) is 0. The molecule has 2 aliphatic rings. The summed E-state index contributed by atoms with van der Waals surface area (Å²) in [5.41, 5.74) is 3.20. The van der Waals surface area contributed by atoms with Crippen LogP contribution in [-0.2, 0) is 4.74 Å². The maximum Gasteiger partial charge on any atom is 0.407 e. The topological polar surface area (TPSA) is 114 Å². The van der Waals surface area contributed by atoms with Gasteiger partial charge in [0.2, 0.25) is 0 Å². The van der Waals surface area contributed by atoms with Gasteiger partial charge in [-0.25, -0.2) is 28.5 Å². The first-order chi connectivity index (χ1) is 23.9. The van der Waals surface area contributed by atoms with Gasteiger partial charge in [0, 0.05) is 58.5 Å². The molecule has 1 amide bonds. The second-order valence-corrected chi connectivity index (χ2v) is 14.0. The molecule has 2 N–H and O–H groups in total. The predicted molar refractivity (Wildman–Crippen MR) is 189 cm³/mol. The van der Waals surface area contributed by atoms with Crippen LogP contribution >= 0.6 is 0 Å². The number of carbonyl (C=O) groups is 1. The third-order valence-corrected chi connectivity index (χ3v) is 9.15. The fourth-order valence-electron chi connectivity index (χ4n) is 6.69. The Hall–Kier alpha value is -5.39. The van der Waals surface area contributed by atoms with Crippen molar-refractivity contribution < 1.29 is 23.0 Å². The Labute approximate surface area is 289 Å². The number of benzene rings is 2. The zero-order valence-corrected chi connectivity index (χ0v) is 28.7. The van der Waals surface area contributed by atoms with Crippen LogP contribution in [0.25, 0.3) is 33.2 Å². The molecule has 50 heavy (non-hydrogen) atoms. The van der Waals surface area contributed by atoms with Gasteiger partial charge in [0.05, 0.1) is 30.0 Å². The quantitative estimate of drug-likeness (QED) is 0.169. The van der Waals surface area contributed by atoms with Crippen LogP contribution in [0.15, 0.2) is 67.3 Å². The van der Waals surface area contributed by atoms with Gasteiger partial charge in [-0.15, -0.1) is 0 Å². The normalized spacial score (nSPS) is 16.5. The van der Waals surface area contributed by atoms with Crippen molar-refractivity contribution in [1.29, 1.82) is 0 Å². The summed E-state index contributed by atoms with van der Waals surface area (Å²) in [6, 6.07) is 13.4. The fourth-order valence-corrected chi connectivity index (χ4v) is 6.69. The van der Waals surface area contributed by atoms with Crippen molar-refractivity contribution in [2.75, 3.05) is 29.9 Å². The molecular weight excluding hydrogens is 640 g/mol. The number of hydrogen-bond donors (Lipinski definition) is 2. The van der Waals surface area contributed by atoms with Crippen molar-refractivity contribution in [3.05, 3.63) is 84.6 Å². The smallest absolute Gasteiger partial charge is 0.407 e. The Balaban J connectivity index is 1.34. The molecule has 0 radical (unpaired) electrons. The summed E-state index contributed by atoms with van der Waals surface area (Å²) in [6.45, 7) is 10.8. The monoisotopic (exact) mass is 679 g/mol. The summed E-state index contributed by atoms with van der Waals surface area (Å²) in [5.74, 6) is 0.547. The molecule has 12 heteroatoms. The summed E-state index contributed by atoms with van der Waals surface area (Å²) >= 11 is 0. The van der Waals surface area contributed by atoms with E-state index in [0.29, 0.717) is 70.2 Å². The first kappa shape index (κ1) is 33.1. The Morgan fingerprint density at radius 1 is 0.940 bits per heavy atom. The van der Waals surface area contributed by atoms with Crippen molar-refractivity contribution in [1.82, 2.24) is 25.3 Å². The van der Waals surface area contributed by atoms with Gasteiger partial charge in [-0.2, -0.15) is 0 Å². The Kier molecular flexibility index (Phi) is 8.49. The van der Waals surface area contributed by atoms with Crippen molar-refractivity contribution in [3.63, 3.8) is 0 Å². The van der Waals surface area contributed by atoms with Gasteiger partial charge in [-0.3, -0.25) is 4.98 Å². The molecule has 258 valence electrons. The Bertz CT molecular complexity index is 2100. The van der Waals surface area contributed by atoms with Gasteiger partial charge in [-0.1, -0.05) is 6.07 Å². The average Bonchev–Trinajstić information content (AvgIpc) is 3.76. The Morgan fingerprint density at radius 3 is 2.48 bits per heavy atom. The van der Waals surface area contributed by atoms with Gasteiger partial charge >= 0.3 is 6.09 Å². The van der Waals surface area contributed by atoms with E-state index in [1.54, 1.807) is 30.5 Å². The lowest BCUT2D eigenvalue weighted by Gasteiger charge is -2.25. The van der Waals surface area contributed by atoms with Crippen molar-refractivity contribution in [3.8, 4) is 28.0 Å². The van der Waals surface area contributed by atoms with Crippen LogP contribution in [0.3, 0.4) is 0 Å². The summed E-state index contributed by atoms with van der Waals surface area (Å²) in [5, 5.41) is 6.97. The van der Waals surface area contributed by atoms with Crippen LogP contribution < -0.4 is 20.3 Å². The highest BCUT2D eigenvalue weighted by molar-refractivity contribution is 6.02. The number of rotatable bonds is 8. The number of nitrogens with one attached hydrogen (secondary N) is 2. The van der Waals surface area contributed by atoms with E-state index in [4.69, 9.17) is 14.5 Å². The highest BCUT2D eigenvalue weighted by atomic mass is 19.1. The minimum Gasteiger partial charge on any atom is -0.494 e. The van der Waals surface area contributed by atoms with Gasteiger partial charge in [0.1, 0.15) is 40.9 Å². The number of pyridine rings is 2. The largest absolute Gasteiger partial charge is 0.494 e. The standard InChI is InChI=1S/C38H39F2N7O3/c1-6-49-24-8-9-29(39)26(15-24)28-17-41-31-10-7-23(25-16-34(42-18-30(25)40)46-33-13-22(2)43-21-44-33)14-27(31)35(28)47-19-32(38(20-47)11-12-38)45-36(48)50-37(3,4)5/h7-10,13-18,21,32H,6,11-12,19-20H2,1-5H3,(H,45,48)(H,42,43,44,46)/t32-/m1/s1. The number of aromatic nitrogens is 4. The molecule has 1 saturated heterocycles. The SMILES string of the molecule is CCOc1ccc(F)c(-c2cnc3ccc(-c4cc(Nc5cc(C)ncn5)ncc4F)cc3c2N2C[C@@H](NC(=O)OC(C)(C)C)C3(CC3)C2)c1. The molecule has 1 atom stereocenters. The van der Waals surface area contributed by atoms with Gasteiger partial charge < -0.3 is 25.0 Å². The number of alkyl carbamates (subject to hydrolysis) is 1. The molecule has 0 bridgehead atoms. The number of aryl methyl sites for hydroxylation is 1. The van der Waals surface area contributed by atoms with E-state index in [2.05, 4.69) is 30.5 Å². The molecule has 0 unspecified atom stereocenters. The zero-order valence-electron chi connectivity index (χ0n) is 28.7. The summed E-state index contributed by atoms with van der Waals surface area (Å²) < 4.78 is 42.6. The van der Waals surface area contributed by atoms with E-state index < -0.39 is 23.3 Å². The molecule has 2 aromatic carbocycles. The van der Waals surface area contributed by atoms with E-state index in [0.717, 1.165) is 24.2 Å². The second-order valence-electron chi connectivity index (χ2n) is 14.0. The highest BCUT2D eigenvalue weighted by Gasteiger charge is 2.56. The molecular formula is C38H39F2N7O3. The molecule has 2 fully saturated rings. The van der Waals surface area contributed by atoms with Crippen LogP contribution in [0.4, 0.5) is 30.9 Å². The molecule has 1 saturated carbocycles. The van der Waals surface area contributed by atoms with Crippen molar-refractivity contribution >= 4 is 34.3 Å². The van der Waals surface area contributed by atoms with Crippen LogP contribution in [0, 0.1) is 24.0 Å². The maximum absolute atomic E-state index is 15.7. The lowest BCUT2D eigenvalue weighted by molar-refractivity contribution is 0.0493. The van der Waals surface area contributed by atoms with Gasteiger partial charge in [-0.05, 0) is 89.4 Å². The van der Waals surface area contributed by atoms with Gasteiger partial charge in [0.15, 0.2) is 0 Å². The zero-order chi connectivity index (χ0) is 35.2. The molecule has 10 nitrogen and oxygen atoms in total. The number of halogens is 2. The lowest BCUT2D eigenvalue weighted by atomic mass is 9.97. The van der Waals surface area contributed by atoms with Crippen LogP contribution in [0.1, 0.15) is 46.2 Å². The Morgan fingerprint density at radius 2 is 1.74 bits per heavy atom. The number of hydrogen-bond acceptors (Lipinski definition) is 9. The molecule has 5 aromatic rings. The highest BCUT2D eigenvalue weighted by Crippen LogP contribution is 2.55. The molecule has 4 heterocycles. The van der Waals surface area contributed by atoms with E-state index >= 15 is 8.78 Å². The molecule has 7 rings (SSSR count). The second kappa shape index (κ2) is 12.8. The minimum absolute atomic E-state index is 0.149. The minimum atomic E-state index is -0.640. The van der Waals surface area contributed by atoms with Gasteiger partial charge in [0.25, 0.3) is 0 Å². The first-order valence-corrected chi connectivity index (χ1v) is 16.7. The molecule has 1 aliphatic heterocycles. The maximum atomic E-state index is 15.7. The van der Waals surface area contributed by atoms with E-state index in [1.165, 1.54) is 18.6 Å². The fraction of sp³-hybridized carbons (Fsp3) is 0.342. The average molecular weight is 680 g/mol. The van der Waals surface area contributed by atoms with E-state index in [-0.39, 0.29) is 11.5 Å². The number of ether oxygens (including phenoxy) is 2. The van der Waals surface area contributed by atoms with E-state index in [1.807, 2.05) is 52.8 Å². The first-order valence-electron chi connectivity index (χ1n) is 16.7. The molecule has 1 spiro atoms. The number of carbonyl (C=O) groups excluding carboxylic acids is 1.